The summed E-state index contributed by atoms with van der Waals surface area (Å²) >= 11 is 0. The van der Waals surface area contributed by atoms with Crippen LogP contribution in [0.1, 0.15) is 19.3 Å². The first-order valence-corrected chi connectivity index (χ1v) is 6.28. The van der Waals surface area contributed by atoms with E-state index in [9.17, 15) is 0 Å². The topological polar surface area (TPSA) is 18.5 Å². The Morgan fingerprint density at radius 1 is 1.33 bits per heavy atom. The molecule has 2 heterocycles. The molecule has 0 aromatic carbocycles. The van der Waals surface area contributed by atoms with Gasteiger partial charge in [0.1, 0.15) is 0 Å². The molecule has 3 nitrogen and oxygen atoms in total. The summed E-state index contributed by atoms with van der Waals surface area (Å²) in [6.45, 7) is 7.70. The molecule has 2 aliphatic rings. The number of piperidine rings is 1. The van der Waals surface area contributed by atoms with Crippen LogP contribution in [0, 0.1) is 5.41 Å². The van der Waals surface area contributed by atoms with Gasteiger partial charge in [-0.1, -0.05) is 0 Å². The Morgan fingerprint density at radius 2 is 2.13 bits per heavy atom. The second kappa shape index (κ2) is 4.81. The van der Waals surface area contributed by atoms with Crippen LogP contribution in [0.5, 0.6) is 0 Å². The maximum absolute atomic E-state index is 3.54. The van der Waals surface area contributed by atoms with Crippen LogP contribution in [-0.2, 0) is 0 Å². The van der Waals surface area contributed by atoms with Crippen molar-refractivity contribution in [2.24, 2.45) is 5.41 Å². The smallest absolute Gasteiger partial charge is 0.00827 e. The first-order chi connectivity index (χ1) is 7.20. The van der Waals surface area contributed by atoms with Gasteiger partial charge in [-0.25, -0.2) is 0 Å². The summed E-state index contributed by atoms with van der Waals surface area (Å²) < 4.78 is 0. The SMILES string of the molecule is CN(C)CCCN1CC2(CCCNC2)C1. The van der Waals surface area contributed by atoms with E-state index in [2.05, 4.69) is 29.2 Å². The summed E-state index contributed by atoms with van der Waals surface area (Å²) in [7, 11) is 4.31. The van der Waals surface area contributed by atoms with Crippen LogP contribution >= 0.6 is 0 Å². The Kier molecular flexibility index (Phi) is 3.65. The minimum Gasteiger partial charge on any atom is -0.316 e. The molecule has 0 bridgehead atoms. The molecule has 3 heteroatoms. The Bertz CT molecular complexity index is 189. The van der Waals surface area contributed by atoms with Crippen molar-refractivity contribution in [1.29, 1.82) is 0 Å². The largest absolute Gasteiger partial charge is 0.316 e. The molecule has 2 saturated heterocycles. The van der Waals surface area contributed by atoms with Crippen LogP contribution in [0.15, 0.2) is 0 Å². The molecule has 2 fully saturated rings. The second-order valence-corrected chi connectivity index (χ2v) is 5.65. The summed E-state index contributed by atoms with van der Waals surface area (Å²) in [4.78, 5) is 4.90. The summed E-state index contributed by atoms with van der Waals surface area (Å²) in [5.74, 6) is 0. The van der Waals surface area contributed by atoms with Crippen molar-refractivity contribution in [3.63, 3.8) is 0 Å². The molecule has 0 aromatic rings. The average molecular weight is 211 g/mol. The van der Waals surface area contributed by atoms with Gasteiger partial charge >= 0.3 is 0 Å². The first kappa shape index (κ1) is 11.4. The Labute approximate surface area is 93.8 Å². The normalized spacial score (nSPS) is 25.8. The van der Waals surface area contributed by atoms with Crippen LogP contribution in [0.3, 0.4) is 0 Å². The van der Waals surface area contributed by atoms with Gasteiger partial charge in [-0.15, -0.1) is 0 Å². The Hall–Kier alpha value is -0.120. The zero-order valence-corrected chi connectivity index (χ0v) is 10.3. The molecule has 0 aliphatic carbocycles. The van der Waals surface area contributed by atoms with Gasteiger partial charge in [-0.2, -0.15) is 0 Å². The van der Waals surface area contributed by atoms with Crippen LogP contribution in [-0.4, -0.2) is 63.2 Å². The molecular formula is C12H25N3. The highest BCUT2D eigenvalue weighted by Crippen LogP contribution is 2.36. The minimum absolute atomic E-state index is 0.663. The van der Waals surface area contributed by atoms with Crippen molar-refractivity contribution >= 4 is 0 Å². The summed E-state index contributed by atoms with van der Waals surface area (Å²) in [5.41, 5.74) is 0.663. The van der Waals surface area contributed by atoms with Crippen LogP contribution in [0.2, 0.25) is 0 Å². The minimum atomic E-state index is 0.663. The molecule has 0 unspecified atom stereocenters. The van der Waals surface area contributed by atoms with E-state index in [-0.39, 0.29) is 0 Å². The van der Waals surface area contributed by atoms with E-state index in [1.807, 2.05) is 0 Å². The molecule has 88 valence electrons. The Balaban J connectivity index is 1.60. The average Bonchev–Trinajstić information content (AvgIpc) is 2.16. The number of hydrogen-bond acceptors (Lipinski definition) is 3. The summed E-state index contributed by atoms with van der Waals surface area (Å²) in [6.07, 6.45) is 4.15. The highest BCUT2D eigenvalue weighted by Gasteiger charge is 2.42. The lowest BCUT2D eigenvalue weighted by Gasteiger charge is -2.52. The van der Waals surface area contributed by atoms with Crippen LogP contribution < -0.4 is 5.32 Å². The number of likely N-dealkylation sites (tertiary alicyclic amines) is 1. The van der Waals surface area contributed by atoms with E-state index in [4.69, 9.17) is 0 Å². The van der Waals surface area contributed by atoms with Crippen molar-refractivity contribution < 1.29 is 0 Å². The lowest BCUT2D eigenvalue weighted by Crippen LogP contribution is -2.62. The standard InChI is InChI=1S/C12H25N3/c1-14(2)7-4-8-15-10-12(11-15)5-3-6-13-9-12/h13H,3-11H2,1-2H3. The van der Waals surface area contributed by atoms with E-state index in [0.29, 0.717) is 5.41 Å². The van der Waals surface area contributed by atoms with Crippen molar-refractivity contribution in [2.75, 3.05) is 53.4 Å². The third-order valence-corrected chi connectivity index (χ3v) is 3.76. The molecule has 2 aliphatic heterocycles. The lowest BCUT2D eigenvalue weighted by atomic mass is 9.74. The fraction of sp³-hybridized carbons (Fsp3) is 1.00. The van der Waals surface area contributed by atoms with Crippen molar-refractivity contribution in [2.45, 2.75) is 19.3 Å². The number of nitrogens with one attached hydrogen (secondary N) is 1. The zero-order chi connectivity index (χ0) is 10.7. The third-order valence-electron chi connectivity index (χ3n) is 3.76. The predicted octanol–water partition coefficient (Wildman–Crippen LogP) is 0.623. The van der Waals surface area contributed by atoms with Crippen LogP contribution in [0.25, 0.3) is 0 Å². The predicted molar refractivity (Wildman–Crippen MR) is 64.1 cm³/mol. The van der Waals surface area contributed by atoms with Gasteiger partial charge < -0.3 is 15.1 Å². The van der Waals surface area contributed by atoms with Crippen molar-refractivity contribution in [3.8, 4) is 0 Å². The molecule has 0 radical (unpaired) electrons. The van der Waals surface area contributed by atoms with E-state index in [0.717, 1.165) is 0 Å². The van der Waals surface area contributed by atoms with E-state index in [1.54, 1.807) is 0 Å². The zero-order valence-electron chi connectivity index (χ0n) is 10.3. The number of rotatable bonds is 4. The molecule has 1 N–H and O–H groups in total. The molecule has 0 amide bonds. The summed E-state index contributed by atoms with van der Waals surface area (Å²) in [6, 6.07) is 0. The fourth-order valence-corrected chi connectivity index (χ4v) is 2.97. The van der Waals surface area contributed by atoms with E-state index >= 15 is 0 Å². The third kappa shape index (κ3) is 2.92. The van der Waals surface area contributed by atoms with Gasteiger partial charge in [0.2, 0.25) is 0 Å². The molecule has 2 rings (SSSR count). The van der Waals surface area contributed by atoms with Gasteiger partial charge in [0.15, 0.2) is 0 Å². The molecule has 15 heavy (non-hydrogen) atoms. The van der Waals surface area contributed by atoms with Gasteiger partial charge in [-0.05, 0) is 53.0 Å². The van der Waals surface area contributed by atoms with Gasteiger partial charge in [0.05, 0.1) is 0 Å². The highest BCUT2D eigenvalue weighted by molar-refractivity contribution is 4.98. The van der Waals surface area contributed by atoms with Crippen molar-refractivity contribution in [1.82, 2.24) is 15.1 Å². The van der Waals surface area contributed by atoms with E-state index in [1.165, 1.54) is 58.5 Å². The van der Waals surface area contributed by atoms with Crippen molar-refractivity contribution in [3.05, 3.63) is 0 Å². The molecule has 0 saturated carbocycles. The quantitative estimate of drug-likeness (QED) is 0.735. The highest BCUT2D eigenvalue weighted by atomic mass is 15.2. The van der Waals surface area contributed by atoms with Crippen LogP contribution in [0.4, 0.5) is 0 Å². The monoisotopic (exact) mass is 211 g/mol. The molecule has 1 spiro atoms. The van der Waals surface area contributed by atoms with Gasteiger partial charge in [0, 0.05) is 25.0 Å². The maximum atomic E-state index is 3.54. The molecular weight excluding hydrogens is 186 g/mol. The first-order valence-electron chi connectivity index (χ1n) is 6.28. The summed E-state index contributed by atoms with van der Waals surface area (Å²) in [5, 5.41) is 3.54. The number of nitrogens with zero attached hydrogens (tertiary/aromatic N) is 2. The second-order valence-electron chi connectivity index (χ2n) is 5.65. The van der Waals surface area contributed by atoms with E-state index < -0.39 is 0 Å². The fourth-order valence-electron chi connectivity index (χ4n) is 2.97. The molecule has 0 atom stereocenters. The van der Waals surface area contributed by atoms with Gasteiger partial charge in [0.25, 0.3) is 0 Å². The lowest BCUT2D eigenvalue weighted by molar-refractivity contribution is -0.0184. The molecule has 0 aromatic heterocycles. The number of hydrogen-bond donors (Lipinski definition) is 1. The maximum Gasteiger partial charge on any atom is 0.00827 e. The Morgan fingerprint density at radius 3 is 2.73 bits per heavy atom. The van der Waals surface area contributed by atoms with Gasteiger partial charge in [-0.3, -0.25) is 0 Å².